The lowest BCUT2D eigenvalue weighted by molar-refractivity contribution is 0.0953. The number of primary sulfonamides is 1. The van der Waals surface area contributed by atoms with Gasteiger partial charge in [-0.15, -0.1) is 10.2 Å². The number of fused-ring (bicyclic) bond motifs is 1. The maximum absolute atomic E-state index is 12.4. The summed E-state index contributed by atoms with van der Waals surface area (Å²) in [5, 5.41) is 20.3. The first-order valence-electron chi connectivity index (χ1n) is 10.1. The molecule has 0 aliphatic carbocycles. The number of unbranched alkanes of at least 4 members (excludes halogenated alkanes) is 1. The molecule has 32 heavy (non-hydrogen) atoms. The molecule has 0 fully saturated rings. The number of nitrogens with two attached hydrogens (primary N) is 1. The quantitative estimate of drug-likeness (QED) is 0.384. The van der Waals surface area contributed by atoms with Crippen molar-refractivity contribution in [2.45, 2.75) is 24.2 Å². The third kappa shape index (κ3) is 5.37. The Morgan fingerprint density at radius 2 is 1.69 bits per heavy atom. The van der Waals surface area contributed by atoms with Crippen LogP contribution in [0.25, 0.3) is 21.3 Å². The van der Waals surface area contributed by atoms with E-state index in [1.807, 2.05) is 42.5 Å². The molecule has 0 unspecified atom stereocenters. The summed E-state index contributed by atoms with van der Waals surface area (Å²) in [4.78, 5) is 12.5. The molecule has 164 valence electrons. The van der Waals surface area contributed by atoms with E-state index in [9.17, 15) is 13.2 Å². The van der Waals surface area contributed by atoms with E-state index < -0.39 is 10.0 Å². The summed E-state index contributed by atoms with van der Waals surface area (Å²) in [5.74, 6) is -0.0723. The minimum atomic E-state index is -3.71. The van der Waals surface area contributed by atoms with Gasteiger partial charge in [0.05, 0.1) is 4.90 Å². The van der Waals surface area contributed by atoms with Gasteiger partial charge in [0.2, 0.25) is 10.0 Å². The first-order chi connectivity index (χ1) is 15.4. The number of carbonyl (C=O) groups excluding carboxylic acids is 1. The fourth-order valence-corrected chi connectivity index (χ4v) is 4.70. The Hall–Kier alpha value is -3.14. The Labute approximate surface area is 190 Å². The number of nitrogens with one attached hydrogen (secondary N) is 1. The molecule has 0 saturated heterocycles. The Morgan fingerprint density at radius 3 is 2.44 bits per heavy atom. The molecule has 1 aromatic heterocycles. The van der Waals surface area contributed by atoms with E-state index in [0.29, 0.717) is 12.1 Å². The maximum atomic E-state index is 12.4. The van der Waals surface area contributed by atoms with Gasteiger partial charge in [-0.05, 0) is 47.9 Å². The third-order valence-electron chi connectivity index (χ3n) is 5.01. The summed E-state index contributed by atoms with van der Waals surface area (Å²) >= 11 is 1.47. The van der Waals surface area contributed by atoms with Crippen LogP contribution in [-0.2, 0) is 16.4 Å². The van der Waals surface area contributed by atoms with Gasteiger partial charge in [0.1, 0.15) is 10.0 Å². The van der Waals surface area contributed by atoms with Crippen LogP contribution in [0.1, 0.15) is 28.2 Å². The van der Waals surface area contributed by atoms with Crippen LogP contribution < -0.4 is 10.5 Å². The highest BCUT2D eigenvalue weighted by Crippen LogP contribution is 2.25. The topological polar surface area (TPSA) is 115 Å². The minimum Gasteiger partial charge on any atom is -0.352 e. The molecule has 7 nitrogen and oxygen atoms in total. The van der Waals surface area contributed by atoms with Crippen LogP contribution >= 0.6 is 11.3 Å². The molecule has 1 amide bonds. The van der Waals surface area contributed by atoms with Crippen LogP contribution in [0, 0.1) is 0 Å². The lowest BCUT2D eigenvalue weighted by atomic mass is 10.1. The van der Waals surface area contributed by atoms with Crippen LogP contribution in [0.4, 0.5) is 0 Å². The van der Waals surface area contributed by atoms with Crippen molar-refractivity contribution in [2.24, 2.45) is 5.14 Å². The second-order valence-corrected chi connectivity index (χ2v) is 9.97. The first-order valence-corrected chi connectivity index (χ1v) is 12.5. The zero-order chi connectivity index (χ0) is 22.6. The molecule has 3 aromatic carbocycles. The fraction of sp³-hybridized carbons (Fsp3) is 0.174. The minimum absolute atomic E-state index is 0.0664. The second-order valence-electron chi connectivity index (χ2n) is 7.35. The van der Waals surface area contributed by atoms with E-state index in [-0.39, 0.29) is 10.8 Å². The Kier molecular flexibility index (Phi) is 6.59. The number of amides is 1. The van der Waals surface area contributed by atoms with Crippen molar-refractivity contribution in [3.8, 4) is 10.6 Å². The molecule has 0 saturated carbocycles. The summed E-state index contributed by atoms with van der Waals surface area (Å²) in [6.07, 6.45) is 2.47. The number of benzene rings is 3. The van der Waals surface area contributed by atoms with Crippen molar-refractivity contribution in [1.29, 1.82) is 0 Å². The number of aryl methyl sites for hydroxylation is 1. The molecule has 0 spiro atoms. The Balaban J connectivity index is 1.24. The van der Waals surface area contributed by atoms with Crippen molar-refractivity contribution in [2.75, 3.05) is 6.54 Å². The average Bonchev–Trinajstić information content (AvgIpc) is 3.27. The van der Waals surface area contributed by atoms with Gasteiger partial charge in [-0.3, -0.25) is 4.79 Å². The Bertz CT molecular complexity index is 1350. The average molecular weight is 467 g/mol. The highest BCUT2D eigenvalue weighted by atomic mass is 32.2. The highest BCUT2D eigenvalue weighted by molar-refractivity contribution is 7.89. The summed E-state index contributed by atoms with van der Waals surface area (Å²) < 4.78 is 22.7. The predicted octanol–water partition coefficient (Wildman–Crippen LogP) is 3.76. The lowest BCUT2D eigenvalue weighted by Crippen LogP contribution is -2.24. The van der Waals surface area contributed by atoms with Gasteiger partial charge < -0.3 is 5.32 Å². The van der Waals surface area contributed by atoms with Gasteiger partial charge in [-0.2, -0.15) is 0 Å². The number of nitrogens with zero attached hydrogens (tertiary/aromatic N) is 2. The van der Waals surface area contributed by atoms with Crippen molar-refractivity contribution in [1.82, 2.24) is 15.5 Å². The van der Waals surface area contributed by atoms with Crippen LogP contribution in [0.2, 0.25) is 0 Å². The number of rotatable bonds is 8. The largest absolute Gasteiger partial charge is 0.352 e. The lowest BCUT2D eigenvalue weighted by Gasteiger charge is -2.06. The van der Waals surface area contributed by atoms with Crippen LogP contribution in [0.15, 0.2) is 71.6 Å². The number of hydrogen-bond donors (Lipinski definition) is 2. The third-order valence-corrected chi connectivity index (χ3v) is 6.97. The van der Waals surface area contributed by atoms with Gasteiger partial charge in [-0.25, -0.2) is 13.6 Å². The highest BCUT2D eigenvalue weighted by Gasteiger charge is 2.11. The summed E-state index contributed by atoms with van der Waals surface area (Å²) in [5.41, 5.74) is 1.45. The maximum Gasteiger partial charge on any atom is 0.251 e. The second kappa shape index (κ2) is 9.56. The SMILES string of the molecule is NS(=O)(=O)c1ccc(-c2nnc(CCCCNC(=O)c3ccc4ccccc4c3)s2)cc1. The number of aromatic nitrogens is 2. The van der Waals surface area contributed by atoms with Crippen LogP contribution in [0.5, 0.6) is 0 Å². The van der Waals surface area contributed by atoms with Gasteiger partial charge in [-0.1, -0.05) is 53.8 Å². The van der Waals surface area contributed by atoms with E-state index in [1.54, 1.807) is 12.1 Å². The smallest absolute Gasteiger partial charge is 0.251 e. The van der Waals surface area contributed by atoms with Crippen LogP contribution in [0.3, 0.4) is 0 Å². The molecular formula is C23H22N4O3S2. The van der Waals surface area contributed by atoms with Crippen molar-refractivity contribution in [3.63, 3.8) is 0 Å². The van der Waals surface area contributed by atoms with Crippen molar-refractivity contribution in [3.05, 3.63) is 77.3 Å². The molecule has 4 aromatic rings. The zero-order valence-electron chi connectivity index (χ0n) is 17.2. The fourth-order valence-electron chi connectivity index (χ4n) is 3.29. The van der Waals surface area contributed by atoms with E-state index in [1.165, 1.54) is 23.5 Å². The number of hydrogen-bond acceptors (Lipinski definition) is 6. The van der Waals surface area contributed by atoms with E-state index >= 15 is 0 Å². The summed E-state index contributed by atoms with van der Waals surface area (Å²) in [6, 6.07) is 19.9. The molecule has 9 heteroatoms. The van der Waals surface area contributed by atoms with Gasteiger partial charge >= 0.3 is 0 Å². The van der Waals surface area contributed by atoms with Gasteiger partial charge in [0.25, 0.3) is 5.91 Å². The summed E-state index contributed by atoms with van der Waals surface area (Å²) in [7, 11) is -3.71. The van der Waals surface area contributed by atoms with E-state index in [0.717, 1.165) is 45.6 Å². The molecule has 4 rings (SSSR count). The molecular weight excluding hydrogens is 444 g/mol. The zero-order valence-corrected chi connectivity index (χ0v) is 18.8. The first kappa shape index (κ1) is 22.1. The molecule has 0 atom stereocenters. The van der Waals surface area contributed by atoms with Gasteiger partial charge in [0, 0.05) is 24.1 Å². The summed E-state index contributed by atoms with van der Waals surface area (Å²) in [6.45, 7) is 0.590. The van der Waals surface area contributed by atoms with Gasteiger partial charge in [0.15, 0.2) is 0 Å². The molecule has 0 radical (unpaired) electrons. The molecule has 3 N–H and O–H groups in total. The Morgan fingerprint density at radius 1 is 0.938 bits per heavy atom. The molecule has 0 bridgehead atoms. The molecule has 1 heterocycles. The standard InChI is InChI=1S/C23H22N4O3S2/c24-32(29,30)20-12-10-17(11-13-20)23-27-26-21(31-23)7-3-4-14-25-22(28)19-9-8-16-5-1-2-6-18(16)15-19/h1-2,5-6,8-13,15H,3-4,7,14H2,(H,25,28)(H2,24,29,30). The monoisotopic (exact) mass is 466 g/mol. The normalized spacial score (nSPS) is 11.5. The van der Waals surface area contributed by atoms with E-state index in [2.05, 4.69) is 15.5 Å². The predicted molar refractivity (Wildman–Crippen MR) is 126 cm³/mol. The van der Waals surface area contributed by atoms with Crippen molar-refractivity contribution < 1.29 is 13.2 Å². The number of carbonyl (C=O) groups is 1. The van der Waals surface area contributed by atoms with Crippen LogP contribution in [-0.4, -0.2) is 31.1 Å². The number of sulfonamides is 1. The van der Waals surface area contributed by atoms with Crippen molar-refractivity contribution >= 4 is 38.0 Å². The molecule has 0 aliphatic rings. The molecule has 0 aliphatic heterocycles. The van der Waals surface area contributed by atoms with E-state index in [4.69, 9.17) is 5.14 Å².